The fraction of sp³-hybridized carbons (Fsp3) is 0.375. The summed E-state index contributed by atoms with van der Waals surface area (Å²) >= 11 is 1.05. The van der Waals surface area contributed by atoms with Gasteiger partial charge < -0.3 is 10.4 Å². The highest BCUT2D eigenvalue weighted by atomic mass is 32.1. The van der Waals surface area contributed by atoms with Crippen molar-refractivity contribution < 1.29 is 5.11 Å². The average molecular weight is 226 g/mol. The van der Waals surface area contributed by atoms with Crippen molar-refractivity contribution in [1.29, 1.82) is 0 Å². The lowest BCUT2D eigenvalue weighted by Crippen LogP contribution is -2.20. The van der Waals surface area contributed by atoms with Gasteiger partial charge in [-0.05, 0) is 6.92 Å². The third kappa shape index (κ3) is 1.97. The summed E-state index contributed by atoms with van der Waals surface area (Å²) in [5, 5.41) is 11.9. The molecule has 0 aromatic carbocycles. The lowest BCUT2D eigenvalue weighted by molar-refractivity contribution is 0.281. The molecule has 2 aromatic heterocycles. The van der Waals surface area contributed by atoms with Crippen LogP contribution in [0.2, 0.25) is 0 Å². The first kappa shape index (κ1) is 10.1. The van der Waals surface area contributed by atoms with Gasteiger partial charge in [-0.1, -0.05) is 11.3 Å². The summed E-state index contributed by atoms with van der Waals surface area (Å²) < 4.78 is 0.683. The molecule has 7 heteroatoms. The van der Waals surface area contributed by atoms with Gasteiger partial charge in [0, 0.05) is 6.04 Å². The van der Waals surface area contributed by atoms with E-state index < -0.39 is 0 Å². The third-order valence-corrected chi connectivity index (χ3v) is 2.75. The van der Waals surface area contributed by atoms with E-state index in [-0.39, 0.29) is 17.5 Å². The lowest BCUT2D eigenvalue weighted by atomic mass is 10.3. The van der Waals surface area contributed by atoms with Crippen molar-refractivity contribution in [3.05, 3.63) is 16.0 Å². The monoisotopic (exact) mass is 226 g/mol. The van der Waals surface area contributed by atoms with Crippen LogP contribution in [-0.2, 0) is 0 Å². The van der Waals surface area contributed by atoms with Gasteiger partial charge in [0.1, 0.15) is 16.8 Å². The van der Waals surface area contributed by atoms with Crippen LogP contribution in [-0.4, -0.2) is 32.7 Å². The van der Waals surface area contributed by atoms with E-state index in [1.165, 1.54) is 6.33 Å². The molecule has 2 heterocycles. The average Bonchev–Trinajstić information content (AvgIpc) is 2.59. The lowest BCUT2D eigenvalue weighted by Gasteiger charge is -2.10. The summed E-state index contributed by atoms with van der Waals surface area (Å²) in [5.74, 6) is 0.574. The number of H-pyrrole nitrogens is 1. The molecule has 0 aliphatic heterocycles. The zero-order chi connectivity index (χ0) is 10.8. The summed E-state index contributed by atoms with van der Waals surface area (Å²) in [5.41, 5.74) is 0.521. The van der Waals surface area contributed by atoms with Crippen molar-refractivity contribution in [3.8, 4) is 0 Å². The quantitative estimate of drug-likeness (QED) is 0.694. The van der Waals surface area contributed by atoms with Gasteiger partial charge >= 0.3 is 4.87 Å². The SMILES string of the molecule is C[C@H](CO)Nc1ncnc2[nH]c(=O)sc12. The Morgan fingerprint density at radius 2 is 2.47 bits per heavy atom. The Morgan fingerprint density at radius 1 is 1.67 bits per heavy atom. The largest absolute Gasteiger partial charge is 0.394 e. The van der Waals surface area contributed by atoms with Gasteiger partial charge in [-0.2, -0.15) is 0 Å². The first-order valence-electron chi connectivity index (χ1n) is 4.42. The van der Waals surface area contributed by atoms with E-state index in [4.69, 9.17) is 5.11 Å². The minimum Gasteiger partial charge on any atom is -0.394 e. The minimum absolute atomic E-state index is 0.00478. The minimum atomic E-state index is -0.162. The van der Waals surface area contributed by atoms with Crippen molar-refractivity contribution in [2.45, 2.75) is 13.0 Å². The Bertz CT molecular complexity index is 521. The molecule has 3 N–H and O–H groups in total. The van der Waals surface area contributed by atoms with Gasteiger partial charge in [0.15, 0.2) is 5.65 Å². The highest BCUT2D eigenvalue weighted by Gasteiger charge is 2.09. The number of aliphatic hydroxyl groups is 1. The van der Waals surface area contributed by atoms with Gasteiger partial charge in [-0.25, -0.2) is 9.97 Å². The molecule has 2 rings (SSSR count). The number of hydrogen-bond donors (Lipinski definition) is 3. The number of nitrogens with one attached hydrogen (secondary N) is 2. The van der Waals surface area contributed by atoms with E-state index in [0.29, 0.717) is 16.2 Å². The molecule has 0 spiro atoms. The molecule has 6 nitrogen and oxygen atoms in total. The molecule has 1 atom stereocenters. The summed E-state index contributed by atoms with van der Waals surface area (Å²) in [6.07, 6.45) is 1.37. The molecule has 15 heavy (non-hydrogen) atoms. The second-order valence-electron chi connectivity index (χ2n) is 3.14. The number of nitrogens with zero attached hydrogens (tertiary/aromatic N) is 2. The summed E-state index contributed by atoms with van der Waals surface area (Å²) in [6, 6.07) is -0.111. The zero-order valence-corrected chi connectivity index (χ0v) is 8.84. The van der Waals surface area contributed by atoms with Gasteiger partial charge in [-0.15, -0.1) is 0 Å². The van der Waals surface area contributed by atoms with Crippen LogP contribution in [0.3, 0.4) is 0 Å². The fourth-order valence-corrected chi connectivity index (χ4v) is 1.90. The Kier molecular flexibility index (Phi) is 2.65. The van der Waals surface area contributed by atoms with Gasteiger partial charge in [0.25, 0.3) is 0 Å². The number of rotatable bonds is 3. The second-order valence-corrected chi connectivity index (χ2v) is 4.13. The maximum atomic E-state index is 11.1. The van der Waals surface area contributed by atoms with E-state index in [9.17, 15) is 4.79 Å². The first-order chi connectivity index (χ1) is 7.20. The maximum Gasteiger partial charge on any atom is 0.306 e. The van der Waals surface area contributed by atoms with Crippen LogP contribution in [0.15, 0.2) is 11.1 Å². The Balaban J connectivity index is 2.46. The Labute approximate surface area is 89.0 Å². The molecule has 0 bridgehead atoms. The molecule has 0 fully saturated rings. The van der Waals surface area contributed by atoms with E-state index in [2.05, 4.69) is 20.3 Å². The number of aromatic nitrogens is 3. The fourth-order valence-electron chi connectivity index (χ4n) is 1.16. The predicted octanol–water partition coefficient (Wildman–Crippen LogP) is 0.172. The summed E-state index contributed by atoms with van der Waals surface area (Å²) in [6.45, 7) is 1.83. The number of anilines is 1. The molecule has 0 radical (unpaired) electrons. The predicted molar refractivity (Wildman–Crippen MR) is 58.2 cm³/mol. The highest BCUT2D eigenvalue weighted by Crippen LogP contribution is 2.20. The molecule has 0 aliphatic rings. The molecule has 0 saturated carbocycles. The van der Waals surface area contributed by atoms with Gasteiger partial charge in [0.05, 0.1) is 6.61 Å². The number of fused-ring (bicyclic) bond motifs is 1. The highest BCUT2D eigenvalue weighted by molar-refractivity contribution is 7.16. The molecular weight excluding hydrogens is 216 g/mol. The van der Waals surface area contributed by atoms with Crippen LogP contribution in [0.25, 0.3) is 10.3 Å². The van der Waals surface area contributed by atoms with Crippen molar-refractivity contribution in [2.75, 3.05) is 11.9 Å². The molecule has 0 saturated heterocycles. The first-order valence-corrected chi connectivity index (χ1v) is 5.23. The van der Waals surface area contributed by atoms with E-state index in [0.717, 1.165) is 11.3 Å². The van der Waals surface area contributed by atoms with Crippen LogP contribution in [0.1, 0.15) is 6.92 Å². The maximum absolute atomic E-state index is 11.1. The van der Waals surface area contributed by atoms with Crippen LogP contribution in [0, 0.1) is 0 Å². The molecule has 80 valence electrons. The molecule has 0 aliphatic carbocycles. The molecular formula is C8H10N4O2S. The summed E-state index contributed by atoms with van der Waals surface area (Å²) in [7, 11) is 0. The number of aromatic amines is 1. The Hall–Kier alpha value is -1.47. The number of hydrogen-bond acceptors (Lipinski definition) is 6. The topological polar surface area (TPSA) is 90.9 Å². The van der Waals surface area contributed by atoms with Gasteiger partial charge in [0.2, 0.25) is 0 Å². The number of aliphatic hydroxyl groups excluding tert-OH is 1. The van der Waals surface area contributed by atoms with E-state index in [1.807, 2.05) is 6.92 Å². The van der Waals surface area contributed by atoms with Crippen molar-refractivity contribution in [3.63, 3.8) is 0 Å². The zero-order valence-electron chi connectivity index (χ0n) is 8.02. The second kappa shape index (κ2) is 3.95. The molecule has 0 unspecified atom stereocenters. The van der Waals surface area contributed by atoms with Crippen molar-refractivity contribution in [2.24, 2.45) is 0 Å². The van der Waals surface area contributed by atoms with Crippen LogP contribution in [0.5, 0.6) is 0 Å². The third-order valence-electron chi connectivity index (χ3n) is 1.88. The Morgan fingerprint density at radius 3 is 3.20 bits per heavy atom. The van der Waals surface area contributed by atoms with E-state index >= 15 is 0 Å². The van der Waals surface area contributed by atoms with Crippen LogP contribution < -0.4 is 10.2 Å². The van der Waals surface area contributed by atoms with Gasteiger partial charge in [-0.3, -0.25) is 9.78 Å². The van der Waals surface area contributed by atoms with Crippen molar-refractivity contribution in [1.82, 2.24) is 15.0 Å². The van der Waals surface area contributed by atoms with Crippen LogP contribution >= 0.6 is 11.3 Å². The van der Waals surface area contributed by atoms with E-state index in [1.54, 1.807) is 0 Å². The van der Waals surface area contributed by atoms with Crippen LogP contribution in [0.4, 0.5) is 5.82 Å². The smallest absolute Gasteiger partial charge is 0.306 e. The summed E-state index contributed by atoms with van der Waals surface area (Å²) in [4.78, 5) is 21.5. The van der Waals surface area contributed by atoms with Crippen molar-refractivity contribution >= 4 is 27.5 Å². The number of thiazole rings is 1. The normalized spacial score (nSPS) is 12.9. The standard InChI is InChI=1S/C8H10N4O2S/c1-4(2-13)11-6-5-7(10-3-9-6)12-8(14)15-5/h3-4,13H,2H2,1H3,(H2,9,10,11,12,14)/t4-/m1/s1. The molecule has 0 amide bonds. The molecule has 2 aromatic rings.